The van der Waals surface area contributed by atoms with Gasteiger partial charge in [0.25, 0.3) is 0 Å². The van der Waals surface area contributed by atoms with Crippen LogP contribution in [0, 0.1) is 0 Å². The fourth-order valence-electron chi connectivity index (χ4n) is 2.12. The van der Waals surface area contributed by atoms with Crippen molar-refractivity contribution >= 4 is 28.6 Å². The van der Waals surface area contributed by atoms with Crippen LogP contribution in [0.5, 0.6) is 0 Å². The molecule has 1 heterocycles. The standard InChI is InChI=1S/C15H17N3O2S/c1-20-15(19)13(18-10-6-7-10)8-21-14-11-4-2-3-5-12(11)16-9-17-14/h2-5,9-10,13,18H,6-8H2,1H3. The maximum absolute atomic E-state index is 11.8. The zero-order valence-electron chi connectivity index (χ0n) is 11.8. The highest BCUT2D eigenvalue weighted by Crippen LogP contribution is 2.26. The van der Waals surface area contributed by atoms with E-state index in [2.05, 4.69) is 15.3 Å². The minimum absolute atomic E-state index is 0.215. The van der Waals surface area contributed by atoms with Gasteiger partial charge in [-0.15, -0.1) is 11.8 Å². The molecule has 1 aliphatic carbocycles. The van der Waals surface area contributed by atoms with Gasteiger partial charge in [-0.25, -0.2) is 9.97 Å². The number of methoxy groups -OCH3 is 1. The number of hydrogen-bond acceptors (Lipinski definition) is 6. The summed E-state index contributed by atoms with van der Waals surface area (Å²) in [4.78, 5) is 20.4. The van der Waals surface area contributed by atoms with Crippen molar-refractivity contribution in [2.75, 3.05) is 12.9 Å². The number of carbonyl (C=O) groups is 1. The van der Waals surface area contributed by atoms with Crippen molar-refractivity contribution in [1.29, 1.82) is 0 Å². The molecule has 1 saturated carbocycles. The van der Waals surface area contributed by atoms with Crippen LogP contribution in [0.2, 0.25) is 0 Å². The molecule has 21 heavy (non-hydrogen) atoms. The average Bonchev–Trinajstić information content (AvgIpc) is 3.34. The van der Waals surface area contributed by atoms with E-state index in [9.17, 15) is 4.79 Å². The normalized spacial score (nSPS) is 15.9. The Labute approximate surface area is 127 Å². The molecule has 1 N–H and O–H groups in total. The maximum Gasteiger partial charge on any atom is 0.323 e. The van der Waals surface area contributed by atoms with Crippen molar-refractivity contribution in [1.82, 2.24) is 15.3 Å². The highest BCUT2D eigenvalue weighted by molar-refractivity contribution is 7.99. The van der Waals surface area contributed by atoms with Crippen molar-refractivity contribution in [3.63, 3.8) is 0 Å². The minimum atomic E-state index is -0.291. The maximum atomic E-state index is 11.8. The number of carbonyl (C=O) groups excluding carboxylic acids is 1. The molecule has 1 aromatic carbocycles. The van der Waals surface area contributed by atoms with Crippen LogP contribution in [0.4, 0.5) is 0 Å². The third kappa shape index (κ3) is 3.51. The number of nitrogens with one attached hydrogen (secondary N) is 1. The van der Waals surface area contributed by atoms with Gasteiger partial charge in [0.05, 0.1) is 12.6 Å². The van der Waals surface area contributed by atoms with E-state index in [4.69, 9.17) is 4.74 Å². The van der Waals surface area contributed by atoms with Gasteiger partial charge >= 0.3 is 5.97 Å². The van der Waals surface area contributed by atoms with Crippen molar-refractivity contribution < 1.29 is 9.53 Å². The number of para-hydroxylation sites is 1. The molecule has 0 saturated heterocycles. The first-order valence-electron chi connectivity index (χ1n) is 6.94. The molecule has 1 fully saturated rings. The number of ether oxygens (including phenoxy) is 1. The topological polar surface area (TPSA) is 64.1 Å². The molecular formula is C15H17N3O2S. The molecule has 5 nitrogen and oxygen atoms in total. The number of hydrogen-bond donors (Lipinski definition) is 1. The Hall–Kier alpha value is -1.66. The summed E-state index contributed by atoms with van der Waals surface area (Å²) in [5.41, 5.74) is 0.916. The predicted molar refractivity (Wildman–Crippen MR) is 82.2 cm³/mol. The molecule has 110 valence electrons. The van der Waals surface area contributed by atoms with Gasteiger partial charge in [-0.2, -0.15) is 0 Å². The van der Waals surface area contributed by atoms with E-state index in [1.54, 1.807) is 18.1 Å². The van der Waals surface area contributed by atoms with Crippen LogP contribution >= 0.6 is 11.8 Å². The number of esters is 1. The van der Waals surface area contributed by atoms with Crippen molar-refractivity contribution in [3.05, 3.63) is 30.6 Å². The monoisotopic (exact) mass is 303 g/mol. The lowest BCUT2D eigenvalue weighted by Crippen LogP contribution is -2.41. The van der Waals surface area contributed by atoms with Crippen LogP contribution in [0.3, 0.4) is 0 Å². The molecule has 6 heteroatoms. The SMILES string of the molecule is COC(=O)C(CSc1ncnc2ccccc12)NC1CC1. The lowest BCUT2D eigenvalue weighted by Gasteiger charge is -2.15. The van der Waals surface area contributed by atoms with E-state index in [0.717, 1.165) is 28.8 Å². The predicted octanol–water partition coefficient (Wildman–Crippen LogP) is 2.02. The summed E-state index contributed by atoms with van der Waals surface area (Å²) >= 11 is 1.56. The van der Waals surface area contributed by atoms with E-state index in [-0.39, 0.29) is 12.0 Å². The molecular weight excluding hydrogens is 286 g/mol. The van der Waals surface area contributed by atoms with Gasteiger partial charge in [-0.05, 0) is 18.9 Å². The van der Waals surface area contributed by atoms with Crippen LogP contribution < -0.4 is 5.32 Å². The van der Waals surface area contributed by atoms with E-state index in [1.165, 1.54) is 7.11 Å². The first-order valence-corrected chi connectivity index (χ1v) is 7.93. The molecule has 0 bridgehead atoms. The molecule has 3 rings (SSSR count). The second kappa shape index (κ2) is 6.41. The molecule has 1 aliphatic rings. The van der Waals surface area contributed by atoms with Crippen LogP contribution in [0.25, 0.3) is 10.9 Å². The largest absolute Gasteiger partial charge is 0.468 e. The summed E-state index contributed by atoms with van der Waals surface area (Å²) in [5.74, 6) is 0.386. The lowest BCUT2D eigenvalue weighted by atomic mass is 10.2. The Kier molecular flexibility index (Phi) is 4.36. The molecule has 2 aromatic rings. The smallest absolute Gasteiger partial charge is 0.323 e. The van der Waals surface area contributed by atoms with E-state index >= 15 is 0 Å². The van der Waals surface area contributed by atoms with E-state index in [1.807, 2.05) is 24.3 Å². The number of aromatic nitrogens is 2. The van der Waals surface area contributed by atoms with E-state index < -0.39 is 0 Å². The third-order valence-corrected chi connectivity index (χ3v) is 4.49. The van der Waals surface area contributed by atoms with Gasteiger partial charge in [0.2, 0.25) is 0 Å². The first kappa shape index (κ1) is 14.3. The number of rotatable bonds is 6. The summed E-state index contributed by atoms with van der Waals surface area (Å²) in [6, 6.07) is 8.05. The highest BCUT2D eigenvalue weighted by Gasteiger charge is 2.29. The minimum Gasteiger partial charge on any atom is -0.468 e. The average molecular weight is 303 g/mol. The Balaban J connectivity index is 1.73. The number of benzene rings is 1. The Morgan fingerprint density at radius 1 is 1.43 bits per heavy atom. The molecule has 0 radical (unpaired) electrons. The third-order valence-electron chi connectivity index (χ3n) is 3.39. The van der Waals surface area contributed by atoms with Crippen LogP contribution in [-0.2, 0) is 9.53 Å². The fraction of sp³-hybridized carbons (Fsp3) is 0.400. The van der Waals surface area contributed by atoms with Gasteiger partial charge in [0.1, 0.15) is 17.4 Å². The van der Waals surface area contributed by atoms with Gasteiger partial charge in [-0.3, -0.25) is 4.79 Å². The van der Waals surface area contributed by atoms with Crippen molar-refractivity contribution in [2.24, 2.45) is 0 Å². The fourth-order valence-corrected chi connectivity index (χ4v) is 3.13. The second-order valence-electron chi connectivity index (χ2n) is 5.02. The van der Waals surface area contributed by atoms with Gasteiger partial charge in [0, 0.05) is 17.2 Å². The van der Waals surface area contributed by atoms with Crippen molar-refractivity contribution in [3.8, 4) is 0 Å². The zero-order chi connectivity index (χ0) is 14.7. The number of fused-ring (bicyclic) bond motifs is 1. The molecule has 1 atom stereocenters. The highest BCUT2D eigenvalue weighted by atomic mass is 32.2. The second-order valence-corrected chi connectivity index (χ2v) is 6.03. The van der Waals surface area contributed by atoms with Gasteiger partial charge < -0.3 is 10.1 Å². The molecule has 0 amide bonds. The first-order chi connectivity index (χ1) is 10.3. The molecule has 1 aromatic heterocycles. The summed E-state index contributed by atoms with van der Waals surface area (Å²) in [6.07, 6.45) is 3.83. The van der Waals surface area contributed by atoms with Crippen LogP contribution in [-0.4, -0.2) is 40.9 Å². The molecule has 1 unspecified atom stereocenters. The number of thioether (sulfide) groups is 1. The Bertz CT molecular complexity index is 640. The van der Waals surface area contributed by atoms with Crippen LogP contribution in [0.15, 0.2) is 35.6 Å². The number of nitrogens with zero attached hydrogens (tertiary/aromatic N) is 2. The van der Waals surface area contributed by atoms with Crippen molar-refractivity contribution in [2.45, 2.75) is 30.0 Å². The van der Waals surface area contributed by atoms with Crippen LogP contribution in [0.1, 0.15) is 12.8 Å². The lowest BCUT2D eigenvalue weighted by molar-refractivity contribution is -0.142. The Morgan fingerprint density at radius 2 is 2.24 bits per heavy atom. The summed E-state index contributed by atoms with van der Waals surface area (Å²) in [6.45, 7) is 0. The summed E-state index contributed by atoms with van der Waals surface area (Å²) in [7, 11) is 1.43. The summed E-state index contributed by atoms with van der Waals surface area (Å²) in [5, 5.41) is 5.23. The molecule has 0 aliphatic heterocycles. The van der Waals surface area contributed by atoms with Gasteiger partial charge in [-0.1, -0.05) is 18.2 Å². The quantitative estimate of drug-likeness (QED) is 0.500. The van der Waals surface area contributed by atoms with E-state index in [0.29, 0.717) is 11.8 Å². The zero-order valence-corrected chi connectivity index (χ0v) is 12.6. The van der Waals surface area contributed by atoms with Gasteiger partial charge in [0.15, 0.2) is 0 Å². The molecule has 0 spiro atoms. The Morgan fingerprint density at radius 3 is 3.00 bits per heavy atom. The summed E-state index contributed by atoms with van der Waals surface area (Å²) < 4.78 is 4.87.